The molecule has 1 amide bonds. The fourth-order valence-corrected chi connectivity index (χ4v) is 2.51. The van der Waals surface area contributed by atoms with Crippen LogP contribution >= 0.6 is 0 Å². The molecule has 0 radical (unpaired) electrons. The number of hydrogen-bond donors (Lipinski definition) is 1. The van der Waals surface area contributed by atoms with Gasteiger partial charge >= 0.3 is 0 Å². The first-order valence-electron chi connectivity index (χ1n) is 6.46. The molecule has 0 spiro atoms. The molecule has 0 aliphatic carbocycles. The van der Waals surface area contributed by atoms with Gasteiger partial charge in [0.1, 0.15) is 0 Å². The number of amides is 1. The van der Waals surface area contributed by atoms with Gasteiger partial charge in [-0.2, -0.15) is 0 Å². The molecular weight excluding hydrogens is 286 g/mol. The third kappa shape index (κ3) is 3.70. The molecule has 4 nitrogen and oxygen atoms in total. The molecule has 2 aromatic rings. The van der Waals surface area contributed by atoms with Gasteiger partial charge in [0.15, 0.2) is 9.84 Å². The monoisotopic (exact) mass is 303 g/mol. The minimum absolute atomic E-state index is 0.199. The lowest BCUT2D eigenvalue weighted by molar-refractivity contribution is 0.102. The summed E-state index contributed by atoms with van der Waals surface area (Å²) >= 11 is 0. The van der Waals surface area contributed by atoms with E-state index in [2.05, 4.69) is 5.32 Å². The zero-order valence-electron chi connectivity index (χ0n) is 12.2. The van der Waals surface area contributed by atoms with Gasteiger partial charge in [-0.25, -0.2) is 8.42 Å². The van der Waals surface area contributed by atoms with Crippen molar-refractivity contribution in [2.24, 2.45) is 0 Å². The second kappa shape index (κ2) is 5.69. The highest BCUT2D eigenvalue weighted by Gasteiger charge is 2.10. The molecule has 21 heavy (non-hydrogen) atoms. The van der Waals surface area contributed by atoms with Crippen LogP contribution in [0.15, 0.2) is 47.4 Å². The molecule has 5 heteroatoms. The Bertz CT molecular complexity index is 778. The molecule has 0 aromatic heterocycles. The maximum atomic E-state index is 12.1. The summed E-state index contributed by atoms with van der Waals surface area (Å²) in [6.07, 6.45) is 1.14. The van der Waals surface area contributed by atoms with E-state index in [1.807, 2.05) is 32.0 Å². The SMILES string of the molecule is Cc1ccc(NC(=O)c2ccc(S(C)(=O)=O)cc2)cc1C. The fraction of sp³-hybridized carbons (Fsp3) is 0.188. The van der Waals surface area contributed by atoms with Crippen molar-refractivity contribution in [2.75, 3.05) is 11.6 Å². The number of hydrogen-bond acceptors (Lipinski definition) is 3. The average Bonchev–Trinajstić information content (AvgIpc) is 2.42. The zero-order chi connectivity index (χ0) is 15.6. The van der Waals surface area contributed by atoms with Crippen LogP contribution in [0.4, 0.5) is 5.69 Å². The summed E-state index contributed by atoms with van der Waals surface area (Å²) in [7, 11) is -3.25. The van der Waals surface area contributed by atoms with E-state index in [9.17, 15) is 13.2 Å². The van der Waals surface area contributed by atoms with Crippen molar-refractivity contribution < 1.29 is 13.2 Å². The van der Waals surface area contributed by atoms with Gasteiger partial charge in [-0.05, 0) is 61.4 Å². The van der Waals surface area contributed by atoms with Gasteiger partial charge < -0.3 is 5.32 Å². The molecule has 0 fully saturated rings. The van der Waals surface area contributed by atoms with Gasteiger partial charge in [-0.1, -0.05) is 6.07 Å². The Morgan fingerprint density at radius 1 is 0.952 bits per heavy atom. The van der Waals surface area contributed by atoms with Crippen LogP contribution in [0.25, 0.3) is 0 Å². The highest BCUT2D eigenvalue weighted by Crippen LogP contribution is 2.16. The molecule has 2 aromatic carbocycles. The van der Waals surface area contributed by atoms with E-state index >= 15 is 0 Å². The van der Waals surface area contributed by atoms with E-state index in [4.69, 9.17) is 0 Å². The second-order valence-corrected chi connectivity index (χ2v) is 7.07. The summed E-state index contributed by atoms with van der Waals surface area (Å²) in [5.41, 5.74) is 3.39. The van der Waals surface area contributed by atoms with E-state index in [0.717, 1.165) is 23.1 Å². The highest BCUT2D eigenvalue weighted by atomic mass is 32.2. The van der Waals surface area contributed by atoms with E-state index in [1.54, 1.807) is 0 Å². The predicted octanol–water partition coefficient (Wildman–Crippen LogP) is 2.96. The molecule has 0 saturated heterocycles. The first kappa shape index (κ1) is 15.3. The summed E-state index contributed by atoms with van der Waals surface area (Å²) in [5.74, 6) is -0.265. The zero-order valence-corrected chi connectivity index (χ0v) is 13.0. The Labute approximate surface area is 124 Å². The molecule has 0 aliphatic heterocycles. The van der Waals surface area contributed by atoms with Gasteiger partial charge in [0.2, 0.25) is 0 Å². The van der Waals surface area contributed by atoms with Crippen LogP contribution in [0.1, 0.15) is 21.5 Å². The largest absolute Gasteiger partial charge is 0.322 e. The Morgan fingerprint density at radius 2 is 1.57 bits per heavy atom. The van der Waals surface area contributed by atoms with Gasteiger partial charge in [0, 0.05) is 17.5 Å². The van der Waals surface area contributed by atoms with E-state index in [0.29, 0.717) is 5.56 Å². The molecule has 0 bridgehead atoms. The molecule has 0 aliphatic rings. The van der Waals surface area contributed by atoms with Crippen LogP contribution in [0.2, 0.25) is 0 Å². The van der Waals surface area contributed by atoms with E-state index < -0.39 is 9.84 Å². The van der Waals surface area contributed by atoms with Crippen molar-refractivity contribution in [3.63, 3.8) is 0 Å². The van der Waals surface area contributed by atoms with Gasteiger partial charge in [-0.3, -0.25) is 4.79 Å². The number of carbonyl (C=O) groups is 1. The van der Waals surface area contributed by atoms with Crippen molar-refractivity contribution in [3.05, 3.63) is 59.2 Å². The Hall–Kier alpha value is -2.14. The summed E-state index contributed by atoms with van der Waals surface area (Å²) in [4.78, 5) is 12.3. The molecule has 1 N–H and O–H groups in total. The van der Waals surface area contributed by atoms with Crippen LogP contribution in [0.5, 0.6) is 0 Å². The highest BCUT2D eigenvalue weighted by molar-refractivity contribution is 7.90. The molecule has 2 rings (SSSR count). The van der Waals surface area contributed by atoms with Crippen molar-refractivity contribution in [3.8, 4) is 0 Å². The van der Waals surface area contributed by atoms with Crippen molar-refractivity contribution >= 4 is 21.4 Å². The van der Waals surface area contributed by atoms with Gasteiger partial charge in [-0.15, -0.1) is 0 Å². The smallest absolute Gasteiger partial charge is 0.255 e. The standard InChI is InChI=1S/C16H17NO3S/c1-11-4-7-14(10-12(11)2)17-16(18)13-5-8-15(9-6-13)21(3,19)20/h4-10H,1-3H3,(H,17,18). The second-order valence-electron chi connectivity index (χ2n) is 5.05. The fourth-order valence-electron chi connectivity index (χ4n) is 1.88. The number of anilines is 1. The number of benzene rings is 2. The summed E-state index contributed by atoms with van der Waals surface area (Å²) < 4.78 is 22.7. The number of aryl methyl sites for hydroxylation is 2. The summed E-state index contributed by atoms with van der Waals surface area (Å²) in [6, 6.07) is 11.6. The minimum atomic E-state index is -3.25. The third-order valence-electron chi connectivity index (χ3n) is 3.31. The van der Waals surface area contributed by atoms with Crippen molar-refractivity contribution in [2.45, 2.75) is 18.7 Å². The van der Waals surface area contributed by atoms with Crippen molar-refractivity contribution in [1.82, 2.24) is 0 Å². The van der Waals surface area contributed by atoms with Crippen LogP contribution in [0.3, 0.4) is 0 Å². The molecule has 0 heterocycles. The Morgan fingerprint density at radius 3 is 2.10 bits per heavy atom. The number of nitrogens with one attached hydrogen (secondary N) is 1. The number of sulfone groups is 1. The maximum Gasteiger partial charge on any atom is 0.255 e. The molecule has 110 valence electrons. The van der Waals surface area contributed by atoms with E-state index in [-0.39, 0.29) is 10.8 Å². The Balaban J connectivity index is 2.18. The van der Waals surface area contributed by atoms with Gasteiger partial charge in [0.05, 0.1) is 4.90 Å². The molecule has 0 atom stereocenters. The third-order valence-corrected chi connectivity index (χ3v) is 4.44. The quantitative estimate of drug-likeness (QED) is 0.948. The Kier molecular flexibility index (Phi) is 4.14. The van der Waals surface area contributed by atoms with E-state index in [1.165, 1.54) is 24.3 Å². The topological polar surface area (TPSA) is 63.2 Å². The molecular formula is C16H17NO3S. The van der Waals surface area contributed by atoms with Crippen LogP contribution < -0.4 is 5.32 Å². The average molecular weight is 303 g/mol. The lowest BCUT2D eigenvalue weighted by atomic mass is 10.1. The molecule has 0 unspecified atom stereocenters. The lowest BCUT2D eigenvalue weighted by Gasteiger charge is -2.08. The first-order valence-corrected chi connectivity index (χ1v) is 8.35. The van der Waals surface area contributed by atoms with Crippen LogP contribution in [-0.2, 0) is 9.84 Å². The predicted molar refractivity (Wildman–Crippen MR) is 83.4 cm³/mol. The summed E-state index contributed by atoms with van der Waals surface area (Å²) in [5, 5.41) is 2.80. The van der Waals surface area contributed by atoms with Crippen LogP contribution in [-0.4, -0.2) is 20.6 Å². The number of rotatable bonds is 3. The van der Waals surface area contributed by atoms with Crippen LogP contribution in [0, 0.1) is 13.8 Å². The van der Waals surface area contributed by atoms with Crippen molar-refractivity contribution in [1.29, 1.82) is 0 Å². The molecule has 0 saturated carbocycles. The number of carbonyl (C=O) groups excluding carboxylic acids is 1. The van der Waals surface area contributed by atoms with Gasteiger partial charge in [0.25, 0.3) is 5.91 Å². The summed E-state index contributed by atoms with van der Waals surface area (Å²) in [6.45, 7) is 3.98. The first-order chi connectivity index (χ1) is 9.77. The maximum absolute atomic E-state index is 12.1. The lowest BCUT2D eigenvalue weighted by Crippen LogP contribution is -2.12. The minimum Gasteiger partial charge on any atom is -0.322 e. The normalized spacial score (nSPS) is 11.2.